The molecule has 0 radical (unpaired) electrons. The second-order valence-electron chi connectivity index (χ2n) is 4.54. The molecule has 0 heterocycles. The lowest BCUT2D eigenvalue weighted by atomic mass is 10.1. The minimum absolute atomic E-state index is 0.0665. The molecule has 2 rings (SSSR count). The average molecular weight is 296 g/mol. The van der Waals surface area contributed by atoms with Gasteiger partial charge in [0.25, 0.3) is 0 Å². The Balaban J connectivity index is 2.17. The molecule has 0 saturated heterocycles. The largest absolute Gasteiger partial charge is 0.508 e. The van der Waals surface area contributed by atoms with Crippen molar-refractivity contribution in [2.24, 2.45) is 0 Å². The quantitative estimate of drug-likeness (QED) is 0.818. The summed E-state index contributed by atoms with van der Waals surface area (Å²) >= 11 is 11.9. The minimum Gasteiger partial charge on any atom is -0.508 e. The van der Waals surface area contributed by atoms with Crippen molar-refractivity contribution >= 4 is 28.9 Å². The van der Waals surface area contributed by atoms with Gasteiger partial charge in [0, 0.05) is 17.8 Å². The lowest BCUT2D eigenvalue weighted by Crippen LogP contribution is -2.06. The van der Waals surface area contributed by atoms with E-state index in [0.717, 1.165) is 16.8 Å². The molecule has 2 N–H and O–H groups in total. The predicted molar refractivity (Wildman–Crippen MR) is 81.3 cm³/mol. The van der Waals surface area contributed by atoms with Crippen LogP contribution in [0.4, 0.5) is 5.69 Å². The van der Waals surface area contributed by atoms with Gasteiger partial charge in [-0.25, -0.2) is 0 Å². The predicted octanol–water partition coefficient (Wildman–Crippen LogP) is 5.18. The first-order chi connectivity index (χ1) is 8.97. The number of phenols is 1. The Hall–Kier alpha value is -1.38. The van der Waals surface area contributed by atoms with Crippen LogP contribution in [-0.4, -0.2) is 5.11 Å². The van der Waals surface area contributed by atoms with Gasteiger partial charge in [0.1, 0.15) is 5.75 Å². The highest BCUT2D eigenvalue weighted by Gasteiger charge is 2.08. The molecule has 4 heteroatoms. The molecule has 1 atom stereocenters. The normalized spacial score (nSPS) is 12.2. The van der Waals surface area contributed by atoms with Gasteiger partial charge >= 0.3 is 0 Å². The zero-order valence-electron chi connectivity index (χ0n) is 10.7. The number of hydrogen-bond donors (Lipinski definition) is 2. The second-order valence-corrected chi connectivity index (χ2v) is 5.36. The number of benzene rings is 2. The first-order valence-corrected chi connectivity index (χ1v) is 6.74. The first-order valence-electron chi connectivity index (χ1n) is 5.98. The van der Waals surface area contributed by atoms with E-state index in [1.165, 1.54) is 0 Å². The Morgan fingerprint density at radius 3 is 2.42 bits per heavy atom. The molecule has 0 amide bonds. The fourth-order valence-corrected chi connectivity index (χ4v) is 2.12. The van der Waals surface area contributed by atoms with Crippen LogP contribution in [0, 0.1) is 6.92 Å². The molecule has 0 saturated carbocycles. The number of anilines is 1. The van der Waals surface area contributed by atoms with Crippen LogP contribution in [0.1, 0.15) is 24.1 Å². The summed E-state index contributed by atoms with van der Waals surface area (Å²) in [5.74, 6) is 0.284. The van der Waals surface area contributed by atoms with Crippen LogP contribution >= 0.6 is 23.2 Å². The molecule has 0 aliphatic carbocycles. The first kappa shape index (κ1) is 14.0. The molecule has 100 valence electrons. The van der Waals surface area contributed by atoms with Gasteiger partial charge in [-0.05, 0) is 43.2 Å². The van der Waals surface area contributed by atoms with E-state index in [4.69, 9.17) is 23.2 Å². The van der Waals surface area contributed by atoms with Crippen LogP contribution in [0.5, 0.6) is 5.75 Å². The summed E-state index contributed by atoms with van der Waals surface area (Å²) in [6.07, 6.45) is 0. The van der Waals surface area contributed by atoms with Gasteiger partial charge in [-0.2, -0.15) is 0 Å². The summed E-state index contributed by atoms with van der Waals surface area (Å²) < 4.78 is 0. The standard InChI is InChI=1S/C15H15Cl2NO/c1-9-3-5-12(8-15(9)19)18-10(2)11-4-6-13(16)14(17)7-11/h3-8,10,18-19H,1-2H3. The van der Waals surface area contributed by atoms with E-state index in [2.05, 4.69) is 5.32 Å². The van der Waals surface area contributed by atoms with E-state index < -0.39 is 0 Å². The number of halogens is 2. The molecular formula is C15H15Cl2NO. The molecule has 0 aliphatic heterocycles. The fraction of sp³-hybridized carbons (Fsp3) is 0.200. The van der Waals surface area contributed by atoms with E-state index in [0.29, 0.717) is 10.0 Å². The molecule has 0 bridgehead atoms. The Morgan fingerprint density at radius 2 is 1.79 bits per heavy atom. The lowest BCUT2D eigenvalue weighted by molar-refractivity contribution is 0.471. The third kappa shape index (κ3) is 3.34. The van der Waals surface area contributed by atoms with Crippen molar-refractivity contribution in [3.8, 4) is 5.75 Å². The Labute approximate surface area is 123 Å². The minimum atomic E-state index is 0.0665. The highest BCUT2D eigenvalue weighted by molar-refractivity contribution is 6.42. The number of aryl methyl sites for hydroxylation is 1. The monoisotopic (exact) mass is 295 g/mol. The summed E-state index contributed by atoms with van der Waals surface area (Å²) in [4.78, 5) is 0. The van der Waals surface area contributed by atoms with E-state index in [1.54, 1.807) is 12.1 Å². The van der Waals surface area contributed by atoms with Crippen molar-refractivity contribution in [2.75, 3.05) is 5.32 Å². The van der Waals surface area contributed by atoms with Gasteiger partial charge in [0.2, 0.25) is 0 Å². The summed E-state index contributed by atoms with van der Waals surface area (Å²) in [7, 11) is 0. The summed E-state index contributed by atoms with van der Waals surface area (Å²) in [6, 6.07) is 11.1. The van der Waals surface area contributed by atoms with E-state index in [9.17, 15) is 5.11 Å². The molecule has 2 aromatic carbocycles. The highest BCUT2D eigenvalue weighted by Crippen LogP contribution is 2.28. The zero-order chi connectivity index (χ0) is 14.0. The van der Waals surface area contributed by atoms with Gasteiger partial charge in [0.05, 0.1) is 10.0 Å². The second kappa shape index (κ2) is 5.72. The molecule has 0 aliphatic rings. The van der Waals surface area contributed by atoms with E-state index >= 15 is 0 Å². The van der Waals surface area contributed by atoms with Gasteiger partial charge < -0.3 is 10.4 Å². The van der Waals surface area contributed by atoms with Crippen LogP contribution in [0.15, 0.2) is 36.4 Å². The molecule has 0 spiro atoms. The topological polar surface area (TPSA) is 32.3 Å². The number of phenolic OH excluding ortho intramolecular Hbond substituents is 1. The van der Waals surface area contributed by atoms with Crippen LogP contribution in [0.2, 0.25) is 10.0 Å². The number of hydrogen-bond acceptors (Lipinski definition) is 2. The van der Waals surface area contributed by atoms with Crippen molar-refractivity contribution in [1.82, 2.24) is 0 Å². The summed E-state index contributed by atoms with van der Waals surface area (Å²) in [6.45, 7) is 3.89. The third-order valence-corrected chi connectivity index (χ3v) is 3.77. The lowest BCUT2D eigenvalue weighted by Gasteiger charge is -2.17. The van der Waals surface area contributed by atoms with Crippen LogP contribution in [0.3, 0.4) is 0 Å². The zero-order valence-corrected chi connectivity index (χ0v) is 12.3. The maximum atomic E-state index is 9.69. The van der Waals surface area contributed by atoms with Crippen molar-refractivity contribution in [1.29, 1.82) is 0 Å². The number of aromatic hydroxyl groups is 1. The van der Waals surface area contributed by atoms with Crippen molar-refractivity contribution < 1.29 is 5.11 Å². The highest BCUT2D eigenvalue weighted by atomic mass is 35.5. The van der Waals surface area contributed by atoms with Crippen LogP contribution < -0.4 is 5.32 Å². The van der Waals surface area contributed by atoms with E-state index in [-0.39, 0.29) is 11.8 Å². The van der Waals surface area contributed by atoms with Crippen molar-refractivity contribution in [3.63, 3.8) is 0 Å². The maximum absolute atomic E-state index is 9.69. The average Bonchev–Trinajstić information content (AvgIpc) is 2.37. The van der Waals surface area contributed by atoms with Gasteiger partial charge in [-0.15, -0.1) is 0 Å². The third-order valence-electron chi connectivity index (χ3n) is 3.04. The summed E-state index contributed by atoms with van der Waals surface area (Å²) in [5, 5.41) is 14.1. The van der Waals surface area contributed by atoms with Crippen molar-refractivity contribution in [3.05, 3.63) is 57.6 Å². The molecule has 1 unspecified atom stereocenters. The fourth-order valence-electron chi connectivity index (χ4n) is 1.81. The smallest absolute Gasteiger partial charge is 0.120 e. The molecule has 0 fully saturated rings. The Kier molecular flexibility index (Phi) is 4.23. The van der Waals surface area contributed by atoms with E-state index in [1.807, 2.05) is 38.1 Å². The molecule has 2 nitrogen and oxygen atoms in total. The van der Waals surface area contributed by atoms with Gasteiger partial charge in [-0.1, -0.05) is 35.3 Å². The molecular weight excluding hydrogens is 281 g/mol. The SMILES string of the molecule is Cc1ccc(NC(C)c2ccc(Cl)c(Cl)c2)cc1O. The number of rotatable bonds is 3. The van der Waals surface area contributed by atoms with Crippen LogP contribution in [0.25, 0.3) is 0 Å². The maximum Gasteiger partial charge on any atom is 0.120 e. The van der Waals surface area contributed by atoms with Crippen LogP contribution in [-0.2, 0) is 0 Å². The van der Waals surface area contributed by atoms with Crippen molar-refractivity contribution in [2.45, 2.75) is 19.9 Å². The Bertz CT molecular complexity index is 599. The number of nitrogens with one attached hydrogen (secondary N) is 1. The van der Waals surface area contributed by atoms with Gasteiger partial charge in [0.15, 0.2) is 0 Å². The van der Waals surface area contributed by atoms with Gasteiger partial charge in [-0.3, -0.25) is 0 Å². The molecule has 2 aromatic rings. The Morgan fingerprint density at radius 1 is 1.05 bits per heavy atom. The molecule has 0 aromatic heterocycles. The summed E-state index contributed by atoms with van der Waals surface area (Å²) in [5.41, 5.74) is 2.75. The molecule has 19 heavy (non-hydrogen) atoms.